The Bertz CT molecular complexity index is 1070. The van der Waals surface area contributed by atoms with E-state index in [0.717, 1.165) is 32.2 Å². The molecule has 24 heavy (non-hydrogen) atoms. The lowest BCUT2D eigenvalue weighted by molar-refractivity contribution is 0.518. The second-order valence-electron chi connectivity index (χ2n) is 5.82. The normalized spacial score (nSPS) is 11.2. The van der Waals surface area contributed by atoms with Crippen molar-refractivity contribution in [3.8, 4) is 10.6 Å². The lowest BCUT2D eigenvalue weighted by Gasteiger charge is -2.01. The van der Waals surface area contributed by atoms with Gasteiger partial charge in [0, 0.05) is 10.4 Å². The average molecular weight is 336 g/mol. The summed E-state index contributed by atoms with van der Waals surface area (Å²) < 4.78 is 7.03. The minimum absolute atomic E-state index is 0.329. The van der Waals surface area contributed by atoms with Crippen molar-refractivity contribution >= 4 is 22.4 Å². The van der Waals surface area contributed by atoms with Crippen molar-refractivity contribution in [3.05, 3.63) is 75.2 Å². The summed E-state index contributed by atoms with van der Waals surface area (Å²) in [5, 5.41) is 0.972. The molecule has 4 nitrogen and oxygen atoms in total. The molecule has 0 aliphatic rings. The molecule has 0 spiro atoms. The molecule has 0 fully saturated rings. The molecular weight excluding hydrogens is 320 g/mol. The zero-order valence-corrected chi connectivity index (χ0v) is 14.3. The molecule has 120 valence electrons. The number of hydrogen-bond donors (Lipinski definition) is 0. The Kier molecular flexibility index (Phi) is 3.58. The first-order valence-electron chi connectivity index (χ1n) is 7.73. The lowest BCUT2D eigenvalue weighted by Crippen LogP contribution is -2.14. The van der Waals surface area contributed by atoms with Gasteiger partial charge in [-0.2, -0.15) is 0 Å². The van der Waals surface area contributed by atoms with E-state index in [1.165, 1.54) is 0 Å². The van der Waals surface area contributed by atoms with E-state index in [9.17, 15) is 4.79 Å². The van der Waals surface area contributed by atoms with Gasteiger partial charge in [-0.25, -0.2) is 9.78 Å². The highest BCUT2D eigenvalue weighted by Gasteiger charge is 2.14. The maximum Gasteiger partial charge on any atom is 0.420 e. The summed E-state index contributed by atoms with van der Waals surface area (Å²) >= 11 is 1.62. The van der Waals surface area contributed by atoms with Crippen LogP contribution in [0.5, 0.6) is 0 Å². The summed E-state index contributed by atoms with van der Waals surface area (Å²) in [6.07, 6.45) is 0. The summed E-state index contributed by atoms with van der Waals surface area (Å²) in [5.41, 5.74) is 4.60. The first-order valence-corrected chi connectivity index (χ1v) is 8.55. The number of oxazole rings is 1. The number of thiazole rings is 1. The Balaban J connectivity index is 1.77. The molecule has 4 rings (SSSR count). The number of aromatic nitrogens is 2. The monoisotopic (exact) mass is 336 g/mol. The van der Waals surface area contributed by atoms with Crippen LogP contribution >= 0.6 is 11.3 Å². The Morgan fingerprint density at radius 2 is 1.92 bits per heavy atom. The Morgan fingerprint density at radius 3 is 2.71 bits per heavy atom. The molecule has 0 aliphatic heterocycles. The van der Waals surface area contributed by atoms with Crippen molar-refractivity contribution in [1.29, 1.82) is 0 Å². The number of hydrogen-bond acceptors (Lipinski definition) is 4. The molecule has 4 aromatic rings. The van der Waals surface area contributed by atoms with Crippen LogP contribution in [-0.2, 0) is 6.54 Å². The molecule has 0 amide bonds. The molecular formula is C19H16N2O2S. The van der Waals surface area contributed by atoms with Gasteiger partial charge in [0.05, 0.1) is 17.8 Å². The topological polar surface area (TPSA) is 48.0 Å². The molecule has 0 radical (unpaired) electrons. The lowest BCUT2D eigenvalue weighted by atomic mass is 10.2. The summed E-state index contributed by atoms with van der Waals surface area (Å²) in [4.78, 5) is 18.0. The van der Waals surface area contributed by atoms with Crippen LogP contribution in [0.4, 0.5) is 0 Å². The van der Waals surface area contributed by atoms with Gasteiger partial charge in [0.1, 0.15) is 5.01 Å². The Hall–Kier alpha value is -2.66. The molecule has 2 aromatic carbocycles. The summed E-state index contributed by atoms with van der Waals surface area (Å²) in [6.45, 7) is 4.47. The number of fused-ring (bicyclic) bond motifs is 1. The second-order valence-corrected chi connectivity index (χ2v) is 6.90. The molecule has 0 saturated heterocycles. The second kappa shape index (κ2) is 5.76. The van der Waals surface area contributed by atoms with Gasteiger partial charge < -0.3 is 4.42 Å². The molecule has 0 bridgehead atoms. The maximum atomic E-state index is 12.2. The van der Waals surface area contributed by atoms with Crippen molar-refractivity contribution in [3.63, 3.8) is 0 Å². The molecule has 0 atom stereocenters. The van der Waals surface area contributed by atoms with Crippen LogP contribution < -0.4 is 5.76 Å². The quantitative estimate of drug-likeness (QED) is 0.558. The van der Waals surface area contributed by atoms with E-state index in [1.807, 2.05) is 62.4 Å². The van der Waals surface area contributed by atoms with E-state index >= 15 is 0 Å². The molecule has 0 aliphatic carbocycles. The summed E-state index contributed by atoms with van der Waals surface area (Å²) in [6, 6.07) is 15.9. The first-order chi connectivity index (χ1) is 11.6. The fraction of sp³-hybridized carbons (Fsp3) is 0.158. The van der Waals surface area contributed by atoms with E-state index < -0.39 is 0 Å². The predicted molar refractivity (Wildman–Crippen MR) is 96.6 cm³/mol. The fourth-order valence-corrected chi connectivity index (χ4v) is 3.80. The Labute approximate surface area is 143 Å². The highest BCUT2D eigenvalue weighted by Crippen LogP contribution is 2.28. The standard InChI is InChI=1S/C19H16N2O2S/c1-12-8-9-16-15(10-12)21(19(22)23-16)11-17-13(2)20-18(24-17)14-6-4-3-5-7-14/h3-10H,11H2,1-2H3. The van der Waals surface area contributed by atoms with Crippen molar-refractivity contribution in [2.75, 3.05) is 0 Å². The molecule has 2 heterocycles. The van der Waals surface area contributed by atoms with Crippen LogP contribution in [0, 0.1) is 13.8 Å². The van der Waals surface area contributed by atoms with E-state index in [1.54, 1.807) is 15.9 Å². The van der Waals surface area contributed by atoms with Crippen LogP contribution in [0.2, 0.25) is 0 Å². The Morgan fingerprint density at radius 1 is 1.12 bits per heavy atom. The van der Waals surface area contributed by atoms with E-state index in [0.29, 0.717) is 12.1 Å². The highest BCUT2D eigenvalue weighted by atomic mass is 32.1. The maximum absolute atomic E-state index is 12.2. The van der Waals surface area contributed by atoms with Gasteiger partial charge in [0.15, 0.2) is 5.58 Å². The molecule has 0 N–H and O–H groups in total. The van der Waals surface area contributed by atoms with Gasteiger partial charge in [0.25, 0.3) is 0 Å². The molecule has 0 saturated carbocycles. The van der Waals surface area contributed by atoms with Crippen molar-refractivity contribution in [2.45, 2.75) is 20.4 Å². The minimum atomic E-state index is -0.329. The van der Waals surface area contributed by atoms with Crippen molar-refractivity contribution in [1.82, 2.24) is 9.55 Å². The fourth-order valence-electron chi connectivity index (χ4n) is 2.74. The van der Waals surface area contributed by atoms with E-state index in [-0.39, 0.29) is 5.76 Å². The third-order valence-corrected chi connectivity index (χ3v) is 5.23. The van der Waals surface area contributed by atoms with Gasteiger partial charge in [-0.1, -0.05) is 36.4 Å². The van der Waals surface area contributed by atoms with Gasteiger partial charge >= 0.3 is 5.76 Å². The third kappa shape index (κ3) is 2.57. The summed E-state index contributed by atoms with van der Waals surface area (Å²) in [5.74, 6) is -0.329. The average Bonchev–Trinajstić information content (AvgIpc) is 3.10. The van der Waals surface area contributed by atoms with Crippen LogP contribution in [0.25, 0.3) is 21.7 Å². The zero-order chi connectivity index (χ0) is 16.7. The molecule has 5 heteroatoms. The highest BCUT2D eigenvalue weighted by molar-refractivity contribution is 7.15. The van der Waals surface area contributed by atoms with Crippen LogP contribution in [0.15, 0.2) is 57.7 Å². The molecule has 0 unspecified atom stereocenters. The zero-order valence-electron chi connectivity index (χ0n) is 13.4. The molecule has 2 aromatic heterocycles. The van der Waals surface area contributed by atoms with E-state index in [2.05, 4.69) is 4.98 Å². The first kappa shape index (κ1) is 14.9. The van der Waals surface area contributed by atoms with E-state index in [4.69, 9.17) is 4.42 Å². The number of benzene rings is 2. The number of rotatable bonds is 3. The van der Waals surface area contributed by atoms with Crippen LogP contribution in [-0.4, -0.2) is 9.55 Å². The van der Waals surface area contributed by atoms with Gasteiger partial charge in [-0.3, -0.25) is 4.57 Å². The van der Waals surface area contributed by atoms with Gasteiger partial charge in [0.2, 0.25) is 0 Å². The SMILES string of the molecule is Cc1ccc2oc(=O)n(Cc3sc(-c4ccccc4)nc3C)c2c1. The number of nitrogens with zero attached hydrogens (tertiary/aromatic N) is 2. The largest absolute Gasteiger partial charge is 0.420 e. The third-order valence-electron chi connectivity index (χ3n) is 4.04. The minimum Gasteiger partial charge on any atom is -0.408 e. The smallest absolute Gasteiger partial charge is 0.408 e. The van der Waals surface area contributed by atoms with Crippen LogP contribution in [0.1, 0.15) is 16.1 Å². The van der Waals surface area contributed by atoms with Gasteiger partial charge in [-0.15, -0.1) is 11.3 Å². The number of aryl methyl sites for hydroxylation is 2. The predicted octanol–water partition coefficient (Wildman–Crippen LogP) is 4.38. The van der Waals surface area contributed by atoms with Crippen molar-refractivity contribution in [2.24, 2.45) is 0 Å². The van der Waals surface area contributed by atoms with Crippen LogP contribution in [0.3, 0.4) is 0 Å². The van der Waals surface area contributed by atoms with Gasteiger partial charge in [-0.05, 0) is 31.5 Å². The van der Waals surface area contributed by atoms with Crippen molar-refractivity contribution < 1.29 is 4.42 Å². The summed E-state index contributed by atoms with van der Waals surface area (Å²) in [7, 11) is 0.